The Morgan fingerprint density at radius 1 is 1.10 bits per heavy atom. The van der Waals surface area contributed by atoms with Crippen LogP contribution in [0.5, 0.6) is 0 Å². The Kier molecular flexibility index (Phi) is 5.40. The molecule has 20 heavy (non-hydrogen) atoms. The lowest BCUT2D eigenvalue weighted by Crippen LogP contribution is -2.47. The Morgan fingerprint density at radius 3 is 2.25 bits per heavy atom. The van der Waals surface area contributed by atoms with Crippen LogP contribution in [0.25, 0.3) is 0 Å². The predicted molar refractivity (Wildman–Crippen MR) is 77.8 cm³/mol. The lowest BCUT2D eigenvalue weighted by atomic mass is 10.1. The minimum Gasteiger partial charge on any atom is -0.352 e. The van der Waals surface area contributed by atoms with Crippen LogP contribution in [0.4, 0.5) is 0 Å². The van der Waals surface area contributed by atoms with E-state index in [4.69, 9.17) is 0 Å². The third-order valence-corrected chi connectivity index (χ3v) is 5.50. The number of nitrogens with zero attached hydrogens (tertiary/aromatic N) is 1. The number of amides is 1. The van der Waals surface area contributed by atoms with Gasteiger partial charge in [0.15, 0.2) is 0 Å². The summed E-state index contributed by atoms with van der Waals surface area (Å²) < 4.78 is 24.3. The van der Waals surface area contributed by atoms with Gasteiger partial charge in [-0.15, -0.1) is 0 Å². The van der Waals surface area contributed by atoms with Crippen LogP contribution >= 0.6 is 0 Å². The molecule has 6 nitrogen and oxygen atoms in total. The van der Waals surface area contributed by atoms with Gasteiger partial charge < -0.3 is 10.6 Å². The Morgan fingerprint density at radius 2 is 1.70 bits per heavy atom. The normalized spacial score (nSPS) is 23.1. The van der Waals surface area contributed by atoms with E-state index in [1.165, 1.54) is 23.4 Å². The molecule has 2 aliphatic rings. The smallest absolute Gasteiger partial charge is 0.234 e. The molecular weight excluding hydrogens is 278 g/mol. The van der Waals surface area contributed by atoms with Crippen LogP contribution in [0, 0.1) is 0 Å². The van der Waals surface area contributed by atoms with Crippen molar-refractivity contribution in [2.24, 2.45) is 0 Å². The molecule has 1 amide bonds. The highest BCUT2D eigenvalue weighted by Gasteiger charge is 2.25. The summed E-state index contributed by atoms with van der Waals surface area (Å²) in [6, 6.07) is 0.596. The van der Waals surface area contributed by atoms with Gasteiger partial charge in [-0.05, 0) is 25.7 Å². The largest absolute Gasteiger partial charge is 0.352 e. The van der Waals surface area contributed by atoms with Crippen molar-refractivity contribution in [2.75, 3.05) is 25.9 Å². The number of rotatable bonds is 5. The molecule has 0 aromatic rings. The summed E-state index contributed by atoms with van der Waals surface area (Å²) in [7, 11) is -3.07. The Bertz CT molecular complexity index is 424. The lowest BCUT2D eigenvalue weighted by molar-refractivity contribution is -0.121. The monoisotopic (exact) mass is 303 g/mol. The number of hydrogen-bond acceptors (Lipinski definition) is 4. The lowest BCUT2D eigenvalue weighted by Gasteiger charge is -2.30. The third-order valence-electron chi connectivity index (χ3n) is 4.19. The van der Waals surface area contributed by atoms with E-state index in [2.05, 4.69) is 10.6 Å². The fraction of sp³-hybridized carbons (Fsp3) is 0.923. The van der Waals surface area contributed by atoms with Crippen LogP contribution in [0.3, 0.4) is 0 Å². The summed E-state index contributed by atoms with van der Waals surface area (Å²) in [5.41, 5.74) is 0. The van der Waals surface area contributed by atoms with Crippen LogP contribution in [-0.2, 0) is 14.8 Å². The number of hydrogen-bond donors (Lipinski definition) is 2. The average molecular weight is 303 g/mol. The van der Waals surface area contributed by atoms with Crippen LogP contribution < -0.4 is 10.6 Å². The molecule has 2 N–H and O–H groups in total. The molecule has 0 unspecified atom stereocenters. The number of nitrogens with one attached hydrogen (secondary N) is 2. The summed E-state index contributed by atoms with van der Waals surface area (Å²) in [5, 5.41) is 6.28. The van der Waals surface area contributed by atoms with E-state index in [0.29, 0.717) is 25.7 Å². The molecule has 116 valence electrons. The van der Waals surface area contributed by atoms with E-state index >= 15 is 0 Å². The Hall–Kier alpha value is -0.660. The van der Waals surface area contributed by atoms with E-state index in [-0.39, 0.29) is 11.9 Å². The average Bonchev–Trinajstić information content (AvgIpc) is 2.88. The molecular formula is C13H25N3O3S. The first-order valence-corrected chi connectivity index (χ1v) is 9.28. The Labute approximate surface area is 121 Å². The van der Waals surface area contributed by atoms with Gasteiger partial charge in [-0.3, -0.25) is 4.79 Å². The van der Waals surface area contributed by atoms with Gasteiger partial charge in [0.05, 0.1) is 12.8 Å². The maximum absolute atomic E-state index is 11.8. The molecule has 2 fully saturated rings. The highest BCUT2D eigenvalue weighted by molar-refractivity contribution is 7.88. The SMILES string of the molecule is CS(=O)(=O)N1CCC(NCC(=O)NC2CCCC2)CC1. The van der Waals surface area contributed by atoms with Crippen molar-refractivity contribution >= 4 is 15.9 Å². The van der Waals surface area contributed by atoms with Crippen molar-refractivity contribution in [3.63, 3.8) is 0 Å². The summed E-state index contributed by atoms with van der Waals surface area (Å²) in [4.78, 5) is 11.8. The molecule has 0 bridgehead atoms. The van der Waals surface area contributed by atoms with Gasteiger partial charge in [0, 0.05) is 25.2 Å². The molecule has 1 aliphatic heterocycles. The van der Waals surface area contributed by atoms with E-state index in [1.807, 2.05) is 0 Å². The fourth-order valence-electron chi connectivity index (χ4n) is 2.98. The van der Waals surface area contributed by atoms with E-state index in [9.17, 15) is 13.2 Å². The van der Waals surface area contributed by atoms with Crippen molar-refractivity contribution in [3.05, 3.63) is 0 Å². The number of carbonyl (C=O) groups is 1. The van der Waals surface area contributed by atoms with Crippen molar-refractivity contribution in [2.45, 2.75) is 50.6 Å². The molecule has 0 spiro atoms. The predicted octanol–water partition coefficient (Wildman–Crippen LogP) is 0.0588. The second kappa shape index (κ2) is 6.87. The van der Waals surface area contributed by atoms with E-state index in [0.717, 1.165) is 25.7 Å². The van der Waals surface area contributed by atoms with Gasteiger partial charge in [-0.25, -0.2) is 12.7 Å². The van der Waals surface area contributed by atoms with Gasteiger partial charge >= 0.3 is 0 Å². The van der Waals surface area contributed by atoms with E-state index < -0.39 is 10.0 Å². The maximum atomic E-state index is 11.8. The number of sulfonamides is 1. The molecule has 0 aromatic carbocycles. The first-order chi connectivity index (χ1) is 9.45. The number of carbonyl (C=O) groups excluding carboxylic acids is 1. The van der Waals surface area contributed by atoms with Gasteiger partial charge in [0.1, 0.15) is 0 Å². The number of piperidine rings is 1. The standard InChI is InChI=1S/C13H25N3O3S/c1-20(18,19)16-8-6-11(7-9-16)14-10-13(17)15-12-4-2-3-5-12/h11-12,14H,2-10H2,1H3,(H,15,17). The first-order valence-electron chi connectivity index (χ1n) is 7.43. The molecule has 1 aliphatic carbocycles. The summed E-state index contributed by atoms with van der Waals surface area (Å²) in [5.74, 6) is 0.0578. The first kappa shape index (κ1) is 15.7. The van der Waals surface area contributed by atoms with Gasteiger partial charge in [0.2, 0.25) is 15.9 Å². The summed E-state index contributed by atoms with van der Waals surface area (Å²) >= 11 is 0. The highest BCUT2D eigenvalue weighted by atomic mass is 32.2. The maximum Gasteiger partial charge on any atom is 0.234 e. The zero-order chi connectivity index (χ0) is 14.6. The van der Waals surface area contributed by atoms with Gasteiger partial charge in [0.25, 0.3) is 0 Å². The highest BCUT2D eigenvalue weighted by Crippen LogP contribution is 2.17. The molecule has 0 aromatic heterocycles. The van der Waals surface area contributed by atoms with Crippen molar-refractivity contribution < 1.29 is 13.2 Å². The minimum atomic E-state index is -3.07. The third kappa shape index (κ3) is 4.71. The molecule has 1 saturated heterocycles. The fourth-order valence-corrected chi connectivity index (χ4v) is 3.85. The van der Waals surface area contributed by atoms with Crippen LogP contribution in [0.15, 0.2) is 0 Å². The second-order valence-electron chi connectivity index (χ2n) is 5.87. The van der Waals surface area contributed by atoms with Crippen LogP contribution in [-0.4, -0.2) is 56.6 Å². The molecule has 0 atom stereocenters. The van der Waals surface area contributed by atoms with Crippen molar-refractivity contribution in [1.82, 2.24) is 14.9 Å². The molecule has 2 rings (SSSR count). The van der Waals surface area contributed by atoms with Crippen molar-refractivity contribution in [3.8, 4) is 0 Å². The summed E-state index contributed by atoms with van der Waals surface area (Å²) in [6.07, 6.45) is 7.39. The molecule has 7 heteroatoms. The van der Waals surface area contributed by atoms with E-state index in [1.54, 1.807) is 0 Å². The Balaban J connectivity index is 1.64. The second-order valence-corrected chi connectivity index (χ2v) is 7.85. The minimum absolute atomic E-state index is 0.0578. The summed E-state index contributed by atoms with van der Waals surface area (Å²) in [6.45, 7) is 1.42. The molecule has 1 saturated carbocycles. The zero-order valence-corrected chi connectivity index (χ0v) is 12.9. The molecule has 1 heterocycles. The molecule has 0 radical (unpaired) electrons. The topological polar surface area (TPSA) is 78.5 Å². The van der Waals surface area contributed by atoms with Crippen LogP contribution in [0.1, 0.15) is 38.5 Å². The zero-order valence-electron chi connectivity index (χ0n) is 12.1. The van der Waals surface area contributed by atoms with Gasteiger partial charge in [-0.1, -0.05) is 12.8 Å². The van der Waals surface area contributed by atoms with Crippen LogP contribution in [0.2, 0.25) is 0 Å². The van der Waals surface area contributed by atoms with Crippen molar-refractivity contribution in [1.29, 1.82) is 0 Å². The van der Waals surface area contributed by atoms with Gasteiger partial charge in [-0.2, -0.15) is 0 Å². The quantitative estimate of drug-likeness (QED) is 0.753.